The second-order valence-corrected chi connectivity index (χ2v) is 4.80. The van der Waals surface area contributed by atoms with Gasteiger partial charge in [-0.1, -0.05) is 20.8 Å². The molecule has 0 aromatic rings. The Morgan fingerprint density at radius 2 is 1.94 bits per heavy atom. The van der Waals surface area contributed by atoms with Crippen LogP contribution in [-0.2, 0) is 9.59 Å². The smallest absolute Gasteiger partial charge is 0.326 e. The van der Waals surface area contributed by atoms with Crippen LogP contribution in [0.2, 0.25) is 0 Å². The topological polar surface area (TPSA) is 92.4 Å². The summed E-state index contributed by atoms with van der Waals surface area (Å²) in [5, 5.41) is 11.3. The Kier molecular flexibility index (Phi) is 7.54. The van der Waals surface area contributed by atoms with Crippen molar-refractivity contribution in [1.29, 1.82) is 0 Å². The van der Waals surface area contributed by atoms with Gasteiger partial charge in [0, 0.05) is 6.42 Å². The summed E-state index contributed by atoms with van der Waals surface area (Å²) in [5.74, 6) is -0.608. The van der Waals surface area contributed by atoms with E-state index in [-0.39, 0.29) is 11.8 Å². The largest absolute Gasteiger partial charge is 0.480 e. The molecule has 5 nitrogen and oxygen atoms in total. The first-order valence-electron chi connectivity index (χ1n) is 6.12. The molecule has 0 fully saturated rings. The Hall–Kier alpha value is -1.10. The van der Waals surface area contributed by atoms with Crippen molar-refractivity contribution < 1.29 is 14.7 Å². The van der Waals surface area contributed by atoms with Crippen LogP contribution in [0.4, 0.5) is 0 Å². The highest BCUT2D eigenvalue weighted by Crippen LogP contribution is 2.14. The Morgan fingerprint density at radius 1 is 1.35 bits per heavy atom. The minimum atomic E-state index is -0.992. The Morgan fingerprint density at radius 3 is 2.29 bits per heavy atom. The molecule has 17 heavy (non-hydrogen) atoms. The maximum absolute atomic E-state index is 11.6. The normalized spacial score (nSPS) is 14.4. The number of hydrogen-bond acceptors (Lipinski definition) is 3. The molecule has 0 aromatic carbocycles. The van der Waals surface area contributed by atoms with Crippen LogP contribution in [0.1, 0.15) is 40.0 Å². The average molecular weight is 244 g/mol. The van der Waals surface area contributed by atoms with Crippen LogP contribution in [0.15, 0.2) is 0 Å². The minimum absolute atomic E-state index is 0.126. The summed E-state index contributed by atoms with van der Waals surface area (Å²) in [6.07, 6.45) is 1.57. The SMILES string of the molecule is CC[C@@H](NC(=O)C[C@@H](CN)CC(C)C)C(=O)O. The number of carbonyl (C=O) groups excluding carboxylic acids is 1. The van der Waals surface area contributed by atoms with Crippen LogP contribution in [0.25, 0.3) is 0 Å². The lowest BCUT2D eigenvalue weighted by Gasteiger charge is -2.18. The Labute approximate surface area is 103 Å². The van der Waals surface area contributed by atoms with E-state index in [0.29, 0.717) is 25.3 Å². The van der Waals surface area contributed by atoms with Gasteiger partial charge in [0.2, 0.25) is 5.91 Å². The quantitative estimate of drug-likeness (QED) is 0.593. The highest BCUT2D eigenvalue weighted by atomic mass is 16.4. The number of nitrogens with two attached hydrogens (primary N) is 1. The molecule has 4 N–H and O–H groups in total. The van der Waals surface area contributed by atoms with E-state index in [1.165, 1.54) is 0 Å². The van der Waals surface area contributed by atoms with E-state index in [1.54, 1.807) is 6.92 Å². The van der Waals surface area contributed by atoms with Crippen LogP contribution in [-0.4, -0.2) is 29.6 Å². The molecular weight excluding hydrogens is 220 g/mol. The molecule has 100 valence electrons. The first kappa shape index (κ1) is 15.9. The van der Waals surface area contributed by atoms with Crippen molar-refractivity contribution in [2.75, 3.05) is 6.54 Å². The molecular formula is C12H24N2O3. The molecule has 0 spiro atoms. The Bertz CT molecular complexity index is 254. The van der Waals surface area contributed by atoms with Crippen molar-refractivity contribution in [1.82, 2.24) is 5.32 Å². The molecule has 0 saturated heterocycles. The summed E-state index contributed by atoms with van der Waals surface area (Å²) in [6, 6.07) is -0.792. The van der Waals surface area contributed by atoms with Crippen molar-refractivity contribution in [3.8, 4) is 0 Å². The van der Waals surface area contributed by atoms with Crippen LogP contribution in [0, 0.1) is 11.8 Å². The first-order chi connectivity index (χ1) is 7.90. The number of aliphatic carboxylic acids is 1. The number of rotatable bonds is 8. The summed E-state index contributed by atoms with van der Waals surface area (Å²) in [6.45, 7) is 6.34. The third-order valence-electron chi connectivity index (χ3n) is 2.65. The van der Waals surface area contributed by atoms with Crippen molar-refractivity contribution in [3.63, 3.8) is 0 Å². The van der Waals surface area contributed by atoms with Crippen LogP contribution in [0.3, 0.4) is 0 Å². The summed E-state index contributed by atoms with van der Waals surface area (Å²) in [7, 11) is 0. The molecule has 1 amide bonds. The maximum Gasteiger partial charge on any atom is 0.326 e. The highest BCUT2D eigenvalue weighted by Gasteiger charge is 2.20. The van der Waals surface area contributed by atoms with Gasteiger partial charge in [-0.15, -0.1) is 0 Å². The molecule has 0 aliphatic rings. The van der Waals surface area contributed by atoms with E-state index in [9.17, 15) is 9.59 Å². The molecule has 0 saturated carbocycles. The van der Waals surface area contributed by atoms with E-state index >= 15 is 0 Å². The van der Waals surface area contributed by atoms with E-state index in [4.69, 9.17) is 10.8 Å². The summed E-state index contributed by atoms with van der Waals surface area (Å²) < 4.78 is 0. The molecule has 0 aliphatic carbocycles. The van der Waals surface area contributed by atoms with Gasteiger partial charge in [0.1, 0.15) is 6.04 Å². The fourth-order valence-electron chi connectivity index (χ4n) is 1.78. The van der Waals surface area contributed by atoms with Crippen molar-refractivity contribution >= 4 is 11.9 Å². The van der Waals surface area contributed by atoms with Gasteiger partial charge in [0.05, 0.1) is 0 Å². The lowest BCUT2D eigenvalue weighted by Crippen LogP contribution is -2.41. The first-order valence-corrected chi connectivity index (χ1v) is 6.12. The van der Waals surface area contributed by atoms with Gasteiger partial charge < -0.3 is 16.2 Å². The molecule has 0 aliphatic heterocycles. The third kappa shape index (κ3) is 6.94. The monoisotopic (exact) mass is 244 g/mol. The standard InChI is InChI=1S/C12H24N2O3/c1-4-10(12(16)17)14-11(15)6-9(7-13)5-8(2)3/h8-10H,4-7,13H2,1-3H3,(H,14,15)(H,16,17)/t9-,10+/m0/s1. The van der Waals surface area contributed by atoms with Crippen molar-refractivity contribution in [3.05, 3.63) is 0 Å². The fraction of sp³-hybridized carbons (Fsp3) is 0.833. The van der Waals surface area contributed by atoms with Gasteiger partial charge in [0.25, 0.3) is 0 Å². The molecule has 0 rings (SSSR count). The van der Waals surface area contributed by atoms with Gasteiger partial charge >= 0.3 is 5.97 Å². The van der Waals surface area contributed by atoms with Gasteiger partial charge in [-0.25, -0.2) is 4.79 Å². The lowest BCUT2D eigenvalue weighted by atomic mass is 9.94. The van der Waals surface area contributed by atoms with E-state index in [2.05, 4.69) is 19.2 Å². The summed E-state index contributed by atoms with van der Waals surface area (Å²) in [4.78, 5) is 22.4. The zero-order valence-electron chi connectivity index (χ0n) is 10.9. The fourth-order valence-corrected chi connectivity index (χ4v) is 1.78. The molecule has 0 radical (unpaired) electrons. The number of hydrogen-bond donors (Lipinski definition) is 3. The zero-order chi connectivity index (χ0) is 13.4. The number of amides is 1. The lowest BCUT2D eigenvalue weighted by molar-refractivity contribution is -0.142. The molecule has 0 heterocycles. The van der Waals surface area contributed by atoms with Crippen molar-refractivity contribution in [2.24, 2.45) is 17.6 Å². The van der Waals surface area contributed by atoms with Gasteiger partial charge in [-0.3, -0.25) is 4.79 Å². The third-order valence-corrected chi connectivity index (χ3v) is 2.65. The van der Waals surface area contributed by atoms with Gasteiger partial charge in [-0.2, -0.15) is 0 Å². The van der Waals surface area contributed by atoms with Crippen molar-refractivity contribution in [2.45, 2.75) is 46.1 Å². The molecule has 2 atom stereocenters. The van der Waals surface area contributed by atoms with Crippen LogP contribution < -0.4 is 11.1 Å². The average Bonchev–Trinajstić information content (AvgIpc) is 2.23. The van der Waals surface area contributed by atoms with E-state index < -0.39 is 12.0 Å². The summed E-state index contributed by atoms with van der Waals surface area (Å²) >= 11 is 0. The second kappa shape index (κ2) is 8.06. The maximum atomic E-state index is 11.6. The zero-order valence-corrected chi connectivity index (χ0v) is 10.9. The van der Waals surface area contributed by atoms with Gasteiger partial charge in [-0.05, 0) is 31.2 Å². The molecule has 5 heteroatoms. The predicted octanol–water partition coefficient (Wildman–Crippen LogP) is 0.977. The molecule has 0 aromatic heterocycles. The second-order valence-electron chi connectivity index (χ2n) is 4.80. The summed E-state index contributed by atoms with van der Waals surface area (Å²) in [5.41, 5.74) is 5.60. The Balaban J connectivity index is 4.18. The predicted molar refractivity (Wildman–Crippen MR) is 66.5 cm³/mol. The van der Waals surface area contributed by atoms with E-state index in [1.807, 2.05) is 0 Å². The highest BCUT2D eigenvalue weighted by molar-refractivity contribution is 5.83. The van der Waals surface area contributed by atoms with Crippen LogP contribution >= 0.6 is 0 Å². The number of nitrogens with one attached hydrogen (secondary N) is 1. The minimum Gasteiger partial charge on any atom is -0.480 e. The van der Waals surface area contributed by atoms with Gasteiger partial charge in [0.15, 0.2) is 0 Å². The van der Waals surface area contributed by atoms with E-state index in [0.717, 1.165) is 6.42 Å². The molecule has 0 bridgehead atoms. The number of carbonyl (C=O) groups is 2. The number of carboxylic acid groups (broad SMARTS) is 1. The van der Waals surface area contributed by atoms with Crippen LogP contribution in [0.5, 0.6) is 0 Å². The molecule has 0 unspecified atom stereocenters. The number of carboxylic acids is 1.